The Hall–Kier alpha value is -1.46. The zero-order chi connectivity index (χ0) is 12.0. The second-order valence-electron chi connectivity index (χ2n) is 3.24. The van der Waals surface area contributed by atoms with Crippen molar-refractivity contribution < 1.29 is 17.9 Å². The molecule has 1 heterocycles. The average Bonchev–Trinajstić information content (AvgIpc) is 2.23. The lowest BCUT2D eigenvalue weighted by Gasteiger charge is -2.10. The molecule has 0 unspecified atom stereocenters. The maximum atomic E-state index is 11.9. The molecule has 3 nitrogen and oxygen atoms in total. The summed E-state index contributed by atoms with van der Waals surface area (Å²) in [5, 5.41) is 3.01. The Morgan fingerprint density at radius 2 is 2.12 bits per heavy atom. The fourth-order valence-electron chi connectivity index (χ4n) is 1.03. The number of pyridine rings is 1. The van der Waals surface area contributed by atoms with Crippen molar-refractivity contribution in [3.8, 4) is 5.75 Å². The lowest BCUT2D eigenvalue weighted by Crippen LogP contribution is -2.19. The van der Waals surface area contributed by atoms with E-state index in [1.807, 2.05) is 6.92 Å². The second kappa shape index (κ2) is 5.58. The number of aromatic nitrogens is 1. The zero-order valence-electron chi connectivity index (χ0n) is 8.84. The van der Waals surface area contributed by atoms with Gasteiger partial charge in [-0.05, 0) is 6.42 Å². The number of hydrogen-bond acceptors (Lipinski definition) is 3. The minimum absolute atomic E-state index is 0.110. The van der Waals surface area contributed by atoms with Crippen molar-refractivity contribution in [2.45, 2.75) is 19.5 Å². The standard InChI is InChI=1S/C10H13F3N2O/c1-2-3-15-8-4-9(6-14-5-8)16-7-10(11,12)13/h4-6,15H,2-3,7H2,1H3. The molecular weight excluding hydrogens is 221 g/mol. The summed E-state index contributed by atoms with van der Waals surface area (Å²) in [6, 6.07) is 1.49. The van der Waals surface area contributed by atoms with Gasteiger partial charge in [0.1, 0.15) is 5.75 Å². The van der Waals surface area contributed by atoms with Crippen molar-refractivity contribution in [1.29, 1.82) is 0 Å². The molecule has 1 rings (SSSR count). The van der Waals surface area contributed by atoms with Crippen molar-refractivity contribution in [3.63, 3.8) is 0 Å². The fourth-order valence-corrected chi connectivity index (χ4v) is 1.03. The van der Waals surface area contributed by atoms with E-state index >= 15 is 0 Å². The molecule has 0 aromatic carbocycles. The third-order valence-electron chi connectivity index (χ3n) is 1.69. The first kappa shape index (κ1) is 12.6. The summed E-state index contributed by atoms with van der Waals surface area (Å²) >= 11 is 0. The van der Waals surface area contributed by atoms with Crippen LogP contribution >= 0.6 is 0 Å². The maximum Gasteiger partial charge on any atom is 0.422 e. The summed E-state index contributed by atoms with van der Waals surface area (Å²) in [5.41, 5.74) is 0.654. The van der Waals surface area contributed by atoms with E-state index in [4.69, 9.17) is 0 Å². The van der Waals surface area contributed by atoms with Crippen LogP contribution < -0.4 is 10.1 Å². The number of halogens is 3. The molecule has 1 aromatic heterocycles. The maximum absolute atomic E-state index is 11.9. The number of nitrogens with zero attached hydrogens (tertiary/aromatic N) is 1. The van der Waals surface area contributed by atoms with Gasteiger partial charge < -0.3 is 10.1 Å². The molecule has 1 aromatic rings. The van der Waals surface area contributed by atoms with Crippen LogP contribution in [0.5, 0.6) is 5.75 Å². The Morgan fingerprint density at radius 1 is 1.38 bits per heavy atom. The first-order valence-electron chi connectivity index (χ1n) is 4.90. The Kier molecular flexibility index (Phi) is 4.39. The number of alkyl halides is 3. The average molecular weight is 234 g/mol. The summed E-state index contributed by atoms with van der Waals surface area (Å²) in [6.07, 6.45) is -0.612. The van der Waals surface area contributed by atoms with Crippen LogP contribution in [0.4, 0.5) is 18.9 Å². The van der Waals surface area contributed by atoms with E-state index in [2.05, 4.69) is 15.0 Å². The van der Waals surface area contributed by atoms with E-state index in [9.17, 15) is 13.2 Å². The minimum atomic E-state index is -4.33. The van der Waals surface area contributed by atoms with Crippen molar-refractivity contribution in [2.24, 2.45) is 0 Å². The van der Waals surface area contributed by atoms with Gasteiger partial charge in [-0.2, -0.15) is 13.2 Å². The predicted molar refractivity (Wildman–Crippen MR) is 54.6 cm³/mol. The van der Waals surface area contributed by atoms with Gasteiger partial charge in [-0.1, -0.05) is 6.92 Å². The van der Waals surface area contributed by atoms with Crippen LogP contribution in [0.25, 0.3) is 0 Å². The van der Waals surface area contributed by atoms with Crippen LogP contribution in [-0.2, 0) is 0 Å². The van der Waals surface area contributed by atoms with Crippen molar-refractivity contribution in [3.05, 3.63) is 18.5 Å². The molecule has 6 heteroatoms. The smallest absolute Gasteiger partial charge is 0.422 e. The lowest BCUT2D eigenvalue weighted by atomic mass is 10.4. The van der Waals surface area contributed by atoms with Gasteiger partial charge in [0, 0.05) is 12.6 Å². The summed E-state index contributed by atoms with van der Waals surface area (Å²) in [7, 11) is 0. The largest absolute Gasteiger partial charge is 0.482 e. The van der Waals surface area contributed by atoms with Gasteiger partial charge in [0.2, 0.25) is 0 Å². The lowest BCUT2D eigenvalue weighted by molar-refractivity contribution is -0.153. The quantitative estimate of drug-likeness (QED) is 0.850. The first-order chi connectivity index (χ1) is 7.51. The van der Waals surface area contributed by atoms with Crippen LogP contribution in [0.15, 0.2) is 18.5 Å². The molecule has 0 amide bonds. The van der Waals surface area contributed by atoms with E-state index in [1.54, 1.807) is 0 Å². The van der Waals surface area contributed by atoms with Gasteiger partial charge in [0.15, 0.2) is 6.61 Å². The summed E-state index contributed by atoms with van der Waals surface area (Å²) < 4.78 is 40.2. The first-order valence-corrected chi connectivity index (χ1v) is 4.90. The highest BCUT2D eigenvalue weighted by Crippen LogP contribution is 2.20. The third-order valence-corrected chi connectivity index (χ3v) is 1.69. The van der Waals surface area contributed by atoms with Gasteiger partial charge in [-0.25, -0.2) is 0 Å². The highest BCUT2D eigenvalue weighted by atomic mass is 19.4. The highest BCUT2D eigenvalue weighted by molar-refractivity contribution is 5.44. The Balaban J connectivity index is 2.53. The van der Waals surface area contributed by atoms with E-state index in [0.29, 0.717) is 5.69 Å². The Morgan fingerprint density at radius 3 is 2.75 bits per heavy atom. The molecule has 0 aliphatic rings. The molecule has 1 N–H and O–H groups in total. The van der Waals surface area contributed by atoms with Gasteiger partial charge in [0.05, 0.1) is 18.1 Å². The van der Waals surface area contributed by atoms with Crippen LogP contribution in [-0.4, -0.2) is 24.3 Å². The van der Waals surface area contributed by atoms with Crippen LogP contribution in [0.2, 0.25) is 0 Å². The van der Waals surface area contributed by atoms with E-state index < -0.39 is 12.8 Å². The van der Waals surface area contributed by atoms with Crippen LogP contribution in [0.3, 0.4) is 0 Å². The molecule has 0 saturated carbocycles. The van der Waals surface area contributed by atoms with Gasteiger partial charge in [0.25, 0.3) is 0 Å². The van der Waals surface area contributed by atoms with Crippen molar-refractivity contribution >= 4 is 5.69 Å². The molecular formula is C10H13F3N2O. The van der Waals surface area contributed by atoms with E-state index in [0.717, 1.165) is 13.0 Å². The molecule has 16 heavy (non-hydrogen) atoms. The van der Waals surface area contributed by atoms with Crippen LogP contribution in [0.1, 0.15) is 13.3 Å². The molecule has 90 valence electrons. The molecule has 0 spiro atoms. The molecule has 0 aliphatic carbocycles. The number of anilines is 1. The molecule has 0 fully saturated rings. The van der Waals surface area contributed by atoms with Gasteiger partial charge in [-0.15, -0.1) is 0 Å². The number of ether oxygens (including phenoxy) is 1. The fraction of sp³-hybridized carbons (Fsp3) is 0.500. The second-order valence-corrected chi connectivity index (χ2v) is 3.24. The third kappa shape index (κ3) is 4.86. The van der Waals surface area contributed by atoms with E-state index in [1.165, 1.54) is 18.5 Å². The summed E-state index contributed by atoms with van der Waals surface area (Å²) in [4.78, 5) is 3.78. The SMILES string of the molecule is CCCNc1cncc(OCC(F)(F)F)c1. The number of hydrogen-bond donors (Lipinski definition) is 1. The molecule has 0 saturated heterocycles. The van der Waals surface area contributed by atoms with E-state index in [-0.39, 0.29) is 5.75 Å². The molecule has 0 atom stereocenters. The summed E-state index contributed by atoms with van der Waals surface area (Å²) in [6.45, 7) is 1.43. The van der Waals surface area contributed by atoms with Crippen LogP contribution in [0, 0.1) is 0 Å². The molecule has 0 bridgehead atoms. The van der Waals surface area contributed by atoms with Crippen molar-refractivity contribution in [2.75, 3.05) is 18.5 Å². The van der Waals surface area contributed by atoms with Gasteiger partial charge >= 0.3 is 6.18 Å². The molecule has 0 radical (unpaired) electrons. The van der Waals surface area contributed by atoms with Gasteiger partial charge in [-0.3, -0.25) is 4.98 Å². The number of nitrogens with one attached hydrogen (secondary N) is 1. The topological polar surface area (TPSA) is 34.2 Å². The molecule has 0 aliphatic heterocycles. The predicted octanol–water partition coefficient (Wildman–Crippen LogP) is 2.84. The monoisotopic (exact) mass is 234 g/mol. The normalized spacial score (nSPS) is 11.2. The summed E-state index contributed by atoms with van der Waals surface area (Å²) in [5.74, 6) is 0.110. The highest BCUT2D eigenvalue weighted by Gasteiger charge is 2.28. The minimum Gasteiger partial charge on any atom is -0.482 e. The zero-order valence-corrected chi connectivity index (χ0v) is 8.84. The Labute approximate surface area is 91.6 Å². The van der Waals surface area contributed by atoms with Crippen molar-refractivity contribution in [1.82, 2.24) is 4.98 Å². The number of rotatable bonds is 5. The Bertz CT molecular complexity index is 328.